The standard InChI is InChI=1S/C12H11N3O/c1-9-4-5-11(8-14-9)15-12(16)10-3-2-6-13-7-10/h2-8H,1H3,(H,15,16). The molecule has 2 aromatic rings. The van der Waals surface area contributed by atoms with Gasteiger partial charge in [-0.05, 0) is 31.2 Å². The van der Waals surface area contributed by atoms with E-state index >= 15 is 0 Å². The van der Waals surface area contributed by atoms with E-state index in [4.69, 9.17) is 0 Å². The lowest BCUT2D eigenvalue weighted by molar-refractivity contribution is 0.102. The molecule has 0 atom stereocenters. The molecule has 1 amide bonds. The Bertz CT molecular complexity index is 479. The number of aromatic nitrogens is 2. The minimum atomic E-state index is -0.182. The van der Waals surface area contributed by atoms with Crippen molar-refractivity contribution in [3.05, 3.63) is 54.1 Å². The third-order valence-electron chi connectivity index (χ3n) is 2.09. The average molecular weight is 213 g/mol. The lowest BCUT2D eigenvalue weighted by atomic mass is 10.2. The SMILES string of the molecule is Cc1ccc(NC(=O)c2cccnc2)cn1. The van der Waals surface area contributed by atoms with Crippen LogP contribution in [-0.4, -0.2) is 15.9 Å². The molecule has 1 N–H and O–H groups in total. The maximum atomic E-state index is 11.7. The van der Waals surface area contributed by atoms with E-state index in [1.807, 2.05) is 19.1 Å². The molecular formula is C12H11N3O. The molecule has 2 aromatic heterocycles. The maximum absolute atomic E-state index is 11.7. The lowest BCUT2D eigenvalue weighted by Crippen LogP contribution is -2.12. The number of hydrogen-bond donors (Lipinski definition) is 1. The summed E-state index contributed by atoms with van der Waals surface area (Å²) in [6, 6.07) is 7.10. The Labute approximate surface area is 93.4 Å². The average Bonchev–Trinajstić information content (AvgIpc) is 2.33. The third kappa shape index (κ3) is 2.42. The fraction of sp³-hybridized carbons (Fsp3) is 0.0833. The molecule has 0 saturated carbocycles. The molecule has 0 fully saturated rings. The van der Waals surface area contributed by atoms with Gasteiger partial charge >= 0.3 is 0 Å². The molecule has 0 radical (unpaired) electrons. The lowest BCUT2D eigenvalue weighted by Gasteiger charge is -2.04. The molecular weight excluding hydrogens is 202 g/mol. The first-order valence-corrected chi connectivity index (χ1v) is 4.90. The largest absolute Gasteiger partial charge is 0.321 e. The molecule has 80 valence electrons. The zero-order valence-corrected chi connectivity index (χ0v) is 8.84. The molecule has 0 unspecified atom stereocenters. The van der Waals surface area contributed by atoms with Crippen molar-refractivity contribution in [2.45, 2.75) is 6.92 Å². The predicted molar refractivity (Wildman–Crippen MR) is 61.2 cm³/mol. The monoisotopic (exact) mass is 213 g/mol. The molecule has 0 aliphatic rings. The normalized spacial score (nSPS) is 9.81. The summed E-state index contributed by atoms with van der Waals surface area (Å²) in [6.07, 6.45) is 4.78. The van der Waals surface area contributed by atoms with Crippen LogP contribution in [0.3, 0.4) is 0 Å². The van der Waals surface area contributed by atoms with Crippen molar-refractivity contribution in [1.82, 2.24) is 9.97 Å². The van der Waals surface area contributed by atoms with Crippen LogP contribution >= 0.6 is 0 Å². The number of anilines is 1. The molecule has 2 heterocycles. The Kier molecular flexibility index (Phi) is 2.91. The van der Waals surface area contributed by atoms with E-state index in [2.05, 4.69) is 15.3 Å². The molecule has 4 nitrogen and oxygen atoms in total. The van der Waals surface area contributed by atoms with Gasteiger partial charge in [-0.2, -0.15) is 0 Å². The Morgan fingerprint density at radius 1 is 1.25 bits per heavy atom. The van der Waals surface area contributed by atoms with Crippen LogP contribution in [0.4, 0.5) is 5.69 Å². The van der Waals surface area contributed by atoms with Gasteiger partial charge in [-0.3, -0.25) is 14.8 Å². The predicted octanol–water partition coefficient (Wildman–Crippen LogP) is 2.04. The van der Waals surface area contributed by atoms with Gasteiger partial charge in [0.2, 0.25) is 0 Å². The number of pyridine rings is 2. The van der Waals surface area contributed by atoms with Gasteiger partial charge in [-0.25, -0.2) is 0 Å². The highest BCUT2D eigenvalue weighted by molar-refractivity contribution is 6.03. The van der Waals surface area contributed by atoms with Gasteiger partial charge < -0.3 is 5.32 Å². The Morgan fingerprint density at radius 2 is 2.12 bits per heavy atom. The molecule has 2 rings (SSSR count). The van der Waals surface area contributed by atoms with Crippen molar-refractivity contribution in [3.8, 4) is 0 Å². The summed E-state index contributed by atoms with van der Waals surface area (Å²) < 4.78 is 0. The first kappa shape index (κ1) is 10.3. The summed E-state index contributed by atoms with van der Waals surface area (Å²) >= 11 is 0. The zero-order chi connectivity index (χ0) is 11.4. The third-order valence-corrected chi connectivity index (χ3v) is 2.09. The number of carbonyl (C=O) groups excluding carboxylic acids is 1. The van der Waals surface area contributed by atoms with E-state index < -0.39 is 0 Å². The van der Waals surface area contributed by atoms with Gasteiger partial charge in [0.15, 0.2) is 0 Å². The van der Waals surface area contributed by atoms with Crippen LogP contribution in [0.5, 0.6) is 0 Å². The summed E-state index contributed by atoms with van der Waals surface area (Å²) in [5, 5.41) is 2.74. The Morgan fingerprint density at radius 3 is 2.75 bits per heavy atom. The number of carbonyl (C=O) groups is 1. The maximum Gasteiger partial charge on any atom is 0.257 e. The molecule has 0 spiro atoms. The molecule has 0 saturated heterocycles. The van der Waals surface area contributed by atoms with Crippen LogP contribution in [0.25, 0.3) is 0 Å². The second kappa shape index (κ2) is 4.53. The highest BCUT2D eigenvalue weighted by Crippen LogP contribution is 2.07. The van der Waals surface area contributed by atoms with Crippen molar-refractivity contribution in [2.75, 3.05) is 5.32 Å². The second-order valence-corrected chi connectivity index (χ2v) is 3.38. The Balaban J connectivity index is 2.11. The van der Waals surface area contributed by atoms with Gasteiger partial charge in [-0.15, -0.1) is 0 Å². The van der Waals surface area contributed by atoms with Crippen LogP contribution < -0.4 is 5.32 Å². The molecule has 0 aliphatic heterocycles. The molecule has 4 heteroatoms. The minimum absolute atomic E-state index is 0.182. The number of rotatable bonds is 2. The van der Waals surface area contributed by atoms with Gasteiger partial charge in [0.1, 0.15) is 0 Å². The van der Waals surface area contributed by atoms with Crippen LogP contribution in [0, 0.1) is 6.92 Å². The van der Waals surface area contributed by atoms with Crippen molar-refractivity contribution in [2.24, 2.45) is 0 Å². The first-order chi connectivity index (χ1) is 7.75. The van der Waals surface area contributed by atoms with E-state index in [1.165, 1.54) is 6.20 Å². The molecule has 16 heavy (non-hydrogen) atoms. The van der Waals surface area contributed by atoms with Crippen LogP contribution in [-0.2, 0) is 0 Å². The van der Waals surface area contributed by atoms with Crippen LogP contribution in [0.15, 0.2) is 42.9 Å². The molecule has 0 aromatic carbocycles. The van der Waals surface area contributed by atoms with E-state index in [0.717, 1.165) is 5.69 Å². The number of amides is 1. The van der Waals surface area contributed by atoms with Crippen molar-refractivity contribution < 1.29 is 4.79 Å². The zero-order valence-electron chi connectivity index (χ0n) is 8.84. The second-order valence-electron chi connectivity index (χ2n) is 3.38. The molecule has 0 aliphatic carbocycles. The van der Waals surface area contributed by atoms with Crippen LogP contribution in [0.2, 0.25) is 0 Å². The topological polar surface area (TPSA) is 54.9 Å². The summed E-state index contributed by atoms with van der Waals surface area (Å²) in [4.78, 5) is 19.7. The fourth-order valence-electron chi connectivity index (χ4n) is 1.24. The number of nitrogens with one attached hydrogen (secondary N) is 1. The summed E-state index contributed by atoms with van der Waals surface area (Å²) in [7, 11) is 0. The van der Waals surface area contributed by atoms with E-state index in [0.29, 0.717) is 11.3 Å². The van der Waals surface area contributed by atoms with Gasteiger partial charge in [0.05, 0.1) is 17.4 Å². The van der Waals surface area contributed by atoms with Crippen LogP contribution in [0.1, 0.15) is 16.1 Å². The van der Waals surface area contributed by atoms with Gasteiger partial charge in [0, 0.05) is 18.1 Å². The quantitative estimate of drug-likeness (QED) is 0.830. The Hall–Kier alpha value is -2.23. The summed E-state index contributed by atoms with van der Waals surface area (Å²) in [6.45, 7) is 1.90. The highest BCUT2D eigenvalue weighted by Gasteiger charge is 2.05. The highest BCUT2D eigenvalue weighted by atomic mass is 16.1. The van der Waals surface area contributed by atoms with Crippen molar-refractivity contribution >= 4 is 11.6 Å². The van der Waals surface area contributed by atoms with Gasteiger partial charge in [0.25, 0.3) is 5.91 Å². The van der Waals surface area contributed by atoms with E-state index in [1.54, 1.807) is 24.5 Å². The van der Waals surface area contributed by atoms with E-state index in [-0.39, 0.29) is 5.91 Å². The fourth-order valence-corrected chi connectivity index (χ4v) is 1.24. The van der Waals surface area contributed by atoms with Crippen molar-refractivity contribution in [3.63, 3.8) is 0 Å². The minimum Gasteiger partial charge on any atom is -0.321 e. The smallest absolute Gasteiger partial charge is 0.257 e. The summed E-state index contributed by atoms with van der Waals surface area (Å²) in [5.41, 5.74) is 2.13. The van der Waals surface area contributed by atoms with E-state index in [9.17, 15) is 4.79 Å². The van der Waals surface area contributed by atoms with Crippen molar-refractivity contribution in [1.29, 1.82) is 0 Å². The number of nitrogens with zero attached hydrogens (tertiary/aromatic N) is 2. The number of aryl methyl sites for hydroxylation is 1. The molecule has 0 bridgehead atoms. The van der Waals surface area contributed by atoms with Gasteiger partial charge in [-0.1, -0.05) is 0 Å². The summed E-state index contributed by atoms with van der Waals surface area (Å²) in [5.74, 6) is -0.182. The number of hydrogen-bond acceptors (Lipinski definition) is 3. The first-order valence-electron chi connectivity index (χ1n) is 4.90.